The van der Waals surface area contributed by atoms with Crippen molar-refractivity contribution in [2.75, 3.05) is 20.2 Å². The van der Waals surface area contributed by atoms with E-state index in [0.29, 0.717) is 31.5 Å². The monoisotopic (exact) mass is 384 g/mol. The summed E-state index contributed by atoms with van der Waals surface area (Å²) in [7, 11) is 1.64. The molecule has 2 aromatic rings. The molecule has 6 heteroatoms. The Morgan fingerprint density at radius 2 is 1.86 bits per heavy atom. The van der Waals surface area contributed by atoms with Crippen molar-refractivity contribution >= 4 is 5.91 Å². The quantitative estimate of drug-likeness (QED) is 0.826. The molecule has 1 amide bonds. The summed E-state index contributed by atoms with van der Waals surface area (Å²) < 4.78 is 11.7. The number of rotatable bonds is 5. The van der Waals surface area contributed by atoms with Gasteiger partial charge in [-0.3, -0.25) is 4.79 Å². The van der Waals surface area contributed by atoms with Crippen molar-refractivity contribution in [2.24, 2.45) is 0 Å². The Hall–Kier alpha value is -2.47. The topological polar surface area (TPSA) is 74.8 Å². The van der Waals surface area contributed by atoms with Gasteiger partial charge in [0.25, 0.3) is 5.91 Å². The van der Waals surface area contributed by atoms with E-state index in [0.717, 1.165) is 35.5 Å². The van der Waals surface area contributed by atoms with E-state index in [1.807, 2.05) is 29.3 Å². The molecule has 4 rings (SSSR count). The lowest BCUT2D eigenvalue weighted by Crippen LogP contribution is -2.40. The number of carbonyl (C=O) groups is 1. The van der Waals surface area contributed by atoms with E-state index in [-0.39, 0.29) is 18.1 Å². The van der Waals surface area contributed by atoms with E-state index in [9.17, 15) is 9.90 Å². The third-order valence-corrected chi connectivity index (χ3v) is 5.80. The van der Waals surface area contributed by atoms with Gasteiger partial charge < -0.3 is 24.5 Å². The predicted molar refractivity (Wildman–Crippen MR) is 107 cm³/mol. The Morgan fingerprint density at radius 1 is 1.11 bits per heavy atom. The largest absolute Gasteiger partial charge is 0.497 e. The number of likely N-dealkylation sites (tertiary alicyclic amines) is 1. The molecule has 1 aliphatic carbocycles. The molecule has 2 heterocycles. The lowest BCUT2D eigenvalue weighted by atomic mass is 10.0. The average Bonchev–Trinajstić information content (AvgIpc) is 3.40. The zero-order chi connectivity index (χ0) is 19.5. The number of methoxy groups -OCH3 is 1. The highest BCUT2D eigenvalue weighted by Gasteiger charge is 2.26. The van der Waals surface area contributed by atoms with Crippen molar-refractivity contribution in [1.82, 2.24) is 9.88 Å². The number of nitrogens with one attached hydrogen (secondary N) is 1. The number of nitrogens with zero attached hydrogens (tertiary/aromatic N) is 1. The number of amides is 1. The fourth-order valence-corrected chi connectivity index (χ4v) is 4.14. The van der Waals surface area contributed by atoms with Gasteiger partial charge in [0.15, 0.2) is 0 Å². The minimum absolute atomic E-state index is 0.00853. The van der Waals surface area contributed by atoms with Crippen LogP contribution in [-0.2, 0) is 0 Å². The molecule has 2 fully saturated rings. The number of benzene rings is 1. The van der Waals surface area contributed by atoms with Gasteiger partial charge in [0.2, 0.25) is 0 Å². The van der Waals surface area contributed by atoms with Crippen LogP contribution in [-0.4, -0.2) is 53.3 Å². The SMILES string of the molecule is COc1ccc(-c2c[nH]cc2C(=O)N2CCC(O)CC2)c(OC2CCCC2)c1. The van der Waals surface area contributed by atoms with Crippen molar-refractivity contribution in [3.05, 3.63) is 36.2 Å². The third kappa shape index (κ3) is 3.87. The molecule has 0 radical (unpaired) electrons. The molecule has 0 bridgehead atoms. The van der Waals surface area contributed by atoms with E-state index >= 15 is 0 Å². The first kappa shape index (κ1) is 18.9. The second-order valence-corrected chi connectivity index (χ2v) is 7.69. The Labute approximate surface area is 165 Å². The van der Waals surface area contributed by atoms with Crippen LogP contribution in [0.2, 0.25) is 0 Å². The van der Waals surface area contributed by atoms with Gasteiger partial charge in [-0.15, -0.1) is 0 Å². The number of aromatic amines is 1. The maximum absolute atomic E-state index is 13.1. The minimum atomic E-state index is -0.303. The summed E-state index contributed by atoms with van der Waals surface area (Å²) in [4.78, 5) is 18.0. The summed E-state index contributed by atoms with van der Waals surface area (Å²) in [6.45, 7) is 1.16. The molecule has 1 aromatic carbocycles. The molecule has 1 aromatic heterocycles. The van der Waals surface area contributed by atoms with Crippen LogP contribution < -0.4 is 9.47 Å². The Bertz CT molecular complexity index is 818. The molecule has 0 unspecified atom stereocenters. The van der Waals surface area contributed by atoms with Gasteiger partial charge in [0, 0.05) is 42.7 Å². The third-order valence-electron chi connectivity index (χ3n) is 5.80. The zero-order valence-corrected chi connectivity index (χ0v) is 16.3. The number of aliphatic hydroxyl groups excluding tert-OH is 1. The standard InChI is InChI=1S/C22H28N2O4/c1-27-17-6-7-18(21(12-17)28-16-4-2-3-5-16)19-13-23-14-20(19)22(26)24-10-8-15(25)9-11-24/h6-7,12-16,23,25H,2-5,8-11H2,1H3. The van der Waals surface area contributed by atoms with Gasteiger partial charge in [0.05, 0.1) is 24.9 Å². The molecule has 0 spiro atoms. The maximum Gasteiger partial charge on any atom is 0.256 e. The first-order chi connectivity index (χ1) is 13.7. The van der Waals surface area contributed by atoms with Crippen LogP contribution in [0.5, 0.6) is 11.5 Å². The van der Waals surface area contributed by atoms with Crippen molar-refractivity contribution in [2.45, 2.75) is 50.7 Å². The van der Waals surface area contributed by atoms with Crippen molar-refractivity contribution in [1.29, 1.82) is 0 Å². The Balaban J connectivity index is 1.64. The normalized spacial score (nSPS) is 18.4. The van der Waals surface area contributed by atoms with Gasteiger partial charge in [-0.25, -0.2) is 0 Å². The number of carbonyl (C=O) groups excluding carboxylic acids is 1. The molecule has 0 atom stereocenters. The van der Waals surface area contributed by atoms with Crippen LogP contribution in [0, 0.1) is 0 Å². The summed E-state index contributed by atoms with van der Waals surface area (Å²) in [6.07, 6.45) is 9.29. The molecule has 150 valence electrons. The summed E-state index contributed by atoms with van der Waals surface area (Å²) in [6, 6.07) is 5.77. The van der Waals surface area contributed by atoms with Crippen LogP contribution in [0.4, 0.5) is 0 Å². The summed E-state index contributed by atoms with van der Waals surface area (Å²) >= 11 is 0. The molecule has 1 saturated carbocycles. The maximum atomic E-state index is 13.1. The average molecular weight is 384 g/mol. The molecule has 1 saturated heterocycles. The van der Waals surface area contributed by atoms with E-state index in [2.05, 4.69) is 4.98 Å². The second-order valence-electron chi connectivity index (χ2n) is 7.69. The van der Waals surface area contributed by atoms with Crippen molar-refractivity contribution < 1.29 is 19.4 Å². The van der Waals surface area contributed by atoms with Gasteiger partial charge in [-0.2, -0.15) is 0 Å². The first-order valence-corrected chi connectivity index (χ1v) is 10.1. The van der Waals surface area contributed by atoms with Gasteiger partial charge >= 0.3 is 0 Å². The second kappa shape index (κ2) is 8.27. The number of aromatic nitrogens is 1. The van der Waals surface area contributed by atoms with Crippen molar-refractivity contribution in [3.63, 3.8) is 0 Å². The van der Waals surface area contributed by atoms with Crippen LogP contribution in [0.15, 0.2) is 30.6 Å². The predicted octanol–water partition coefficient (Wildman–Crippen LogP) is 3.61. The fraction of sp³-hybridized carbons (Fsp3) is 0.500. The van der Waals surface area contributed by atoms with E-state index < -0.39 is 0 Å². The lowest BCUT2D eigenvalue weighted by Gasteiger charge is -2.29. The first-order valence-electron chi connectivity index (χ1n) is 10.1. The number of piperidine rings is 1. The van der Waals surface area contributed by atoms with Crippen LogP contribution in [0.25, 0.3) is 11.1 Å². The van der Waals surface area contributed by atoms with Crippen LogP contribution in [0.3, 0.4) is 0 Å². The van der Waals surface area contributed by atoms with Crippen LogP contribution >= 0.6 is 0 Å². The Morgan fingerprint density at radius 3 is 2.57 bits per heavy atom. The number of aliphatic hydroxyl groups is 1. The number of hydrogen-bond acceptors (Lipinski definition) is 4. The smallest absolute Gasteiger partial charge is 0.256 e. The van der Waals surface area contributed by atoms with Crippen molar-refractivity contribution in [3.8, 4) is 22.6 Å². The van der Waals surface area contributed by atoms with Gasteiger partial charge in [-0.05, 0) is 50.7 Å². The summed E-state index contributed by atoms with van der Waals surface area (Å²) in [5.74, 6) is 1.49. The molecular weight excluding hydrogens is 356 g/mol. The van der Waals surface area contributed by atoms with Crippen LogP contribution in [0.1, 0.15) is 48.9 Å². The van der Waals surface area contributed by atoms with E-state index in [1.165, 1.54) is 12.8 Å². The molecule has 6 nitrogen and oxygen atoms in total. The fourth-order valence-electron chi connectivity index (χ4n) is 4.14. The van der Waals surface area contributed by atoms with Gasteiger partial charge in [-0.1, -0.05) is 0 Å². The summed E-state index contributed by atoms with van der Waals surface area (Å²) in [5.41, 5.74) is 2.37. The Kier molecular flexibility index (Phi) is 5.57. The molecule has 28 heavy (non-hydrogen) atoms. The zero-order valence-electron chi connectivity index (χ0n) is 16.3. The highest BCUT2D eigenvalue weighted by atomic mass is 16.5. The molecule has 2 aliphatic rings. The van der Waals surface area contributed by atoms with Gasteiger partial charge in [0.1, 0.15) is 11.5 Å². The molecular formula is C22H28N2O4. The highest BCUT2D eigenvalue weighted by Crippen LogP contribution is 2.38. The highest BCUT2D eigenvalue weighted by molar-refractivity contribution is 6.01. The van der Waals surface area contributed by atoms with E-state index in [4.69, 9.17) is 9.47 Å². The lowest BCUT2D eigenvalue weighted by molar-refractivity contribution is 0.0547. The van der Waals surface area contributed by atoms with E-state index in [1.54, 1.807) is 13.3 Å². The summed E-state index contributed by atoms with van der Waals surface area (Å²) in [5, 5.41) is 9.72. The molecule has 1 aliphatic heterocycles. The number of hydrogen-bond donors (Lipinski definition) is 2. The number of H-pyrrole nitrogens is 1. The number of ether oxygens (including phenoxy) is 2. The molecule has 2 N–H and O–H groups in total. The minimum Gasteiger partial charge on any atom is -0.497 e.